The number of carbonyl (C=O) groups is 1. The molecule has 0 unspecified atom stereocenters. The summed E-state index contributed by atoms with van der Waals surface area (Å²) in [4.78, 5) is 20.9. The van der Waals surface area contributed by atoms with Crippen molar-refractivity contribution in [2.75, 3.05) is 32.8 Å². The van der Waals surface area contributed by atoms with E-state index in [1.807, 2.05) is 0 Å². The van der Waals surface area contributed by atoms with Crippen molar-refractivity contribution in [3.63, 3.8) is 0 Å². The fourth-order valence-electron chi connectivity index (χ4n) is 3.19. The average molecular weight is 388 g/mol. The van der Waals surface area contributed by atoms with E-state index in [9.17, 15) is 4.79 Å². The molecular weight excluding hydrogens is 364 g/mol. The molecule has 27 heavy (non-hydrogen) atoms. The van der Waals surface area contributed by atoms with Crippen LogP contribution in [-0.2, 0) is 12.8 Å². The lowest BCUT2D eigenvalue weighted by molar-refractivity contribution is 0.0989. The lowest BCUT2D eigenvalue weighted by Gasteiger charge is -2.20. The first-order chi connectivity index (χ1) is 13.1. The highest BCUT2D eigenvalue weighted by atomic mass is 32.1. The van der Waals surface area contributed by atoms with Crippen LogP contribution in [0.1, 0.15) is 33.8 Å². The number of methoxy groups -OCH3 is 3. The summed E-state index contributed by atoms with van der Waals surface area (Å²) in [5.41, 5.74) is 1.56. The molecule has 0 spiro atoms. The van der Waals surface area contributed by atoms with Gasteiger partial charge in [-0.1, -0.05) is 6.08 Å². The summed E-state index contributed by atoms with van der Waals surface area (Å²) in [6.07, 6.45) is 6.05. The number of aromatic nitrogens is 1. The summed E-state index contributed by atoms with van der Waals surface area (Å²) < 4.78 is 16.1. The molecule has 0 saturated carbocycles. The van der Waals surface area contributed by atoms with E-state index in [1.165, 1.54) is 32.6 Å². The molecule has 3 rings (SSSR count). The van der Waals surface area contributed by atoms with Crippen molar-refractivity contribution in [2.45, 2.75) is 25.7 Å². The Kier molecular flexibility index (Phi) is 6.01. The van der Waals surface area contributed by atoms with E-state index in [1.54, 1.807) is 34.4 Å². The van der Waals surface area contributed by atoms with Gasteiger partial charge >= 0.3 is 0 Å². The molecule has 1 aliphatic rings. The first-order valence-corrected chi connectivity index (χ1v) is 9.65. The standard InChI is InChI=1S/C20H24N2O4S/c1-5-10-22(20-21-14-8-6-7-9-17(14)27-20)19(23)13-11-15(24-2)18(26-4)16(12-13)25-3/h5,11-12H,1,6-10H2,2-4H3. The first-order valence-electron chi connectivity index (χ1n) is 8.84. The Labute approximate surface area is 163 Å². The number of thiazole rings is 1. The van der Waals surface area contributed by atoms with Crippen LogP contribution in [0.2, 0.25) is 0 Å². The number of rotatable bonds is 7. The van der Waals surface area contributed by atoms with E-state index in [4.69, 9.17) is 19.2 Å². The van der Waals surface area contributed by atoms with Crippen molar-refractivity contribution in [2.24, 2.45) is 0 Å². The van der Waals surface area contributed by atoms with Gasteiger partial charge in [0.25, 0.3) is 5.91 Å². The summed E-state index contributed by atoms with van der Waals surface area (Å²) >= 11 is 1.59. The van der Waals surface area contributed by atoms with Gasteiger partial charge in [0.1, 0.15) is 0 Å². The minimum absolute atomic E-state index is 0.180. The molecule has 1 amide bonds. The maximum absolute atomic E-state index is 13.3. The Balaban J connectivity index is 2.00. The van der Waals surface area contributed by atoms with Crippen molar-refractivity contribution in [3.8, 4) is 17.2 Å². The van der Waals surface area contributed by atoms with Crippen LogP contribution in [0.3, 0.4) is 0 Å². The molecule has 0 aliphatic heterocycles. The van der Waals surface area contributed by atoms with E-state index >= 15 is 0 Å². The molecule has 2 aromatic rings. The van der Waals surface area contributed by atoms with Crippen LogP contribution < -0.4 is 19.1 Å². The second-order valence-electron chi connectivity index (χ2n) is 6.19. The second kappa shape index (κ2) is 8.43. The van der Waals surface area contributed by atoms with Crippen LogP contribution in [0.4, 0.5) is 5.13 Å². The van der Waals surface area contributed by atoms with Gasteiger partial charge < -0.3 is 14.2 Å². The van der Waals surface area contributed by atoms with E-state index < -0.39 is 0 Å². The SMILES string of the molecule is C=CCN(C(=O)c1cc(OC)c(OC)c(OC)c1)c1nc2c(s1)CCCC2. The molecule has 0 saturated heterocycles. The lowest BCUT2D eigenvalue weighted by Crippen LogP contribution is -2.31. The zero-order chi connectivity index (χ0) is 19.4. The van der Waals surface area contributed by atoms with Crippen LogP contribution >= 0.6 is 11.3 Å². The molecule has 1 aromatic carbocycles. The smallest absolute Gasteiger partial charge is 0.260 e. The number of fused-ring (bicyclic) bond motifs is 1. The quantitative estimate of drug-likeness (QED) is 0.674. The third-order valence-electron chi connectivity index (χ3n) is 4.53. The Bertz CT molecular complexity index is 798. The number of carbonyl (C=O) groups excluding carboxylic acids is 1. The number of benzene rings is 1. The number of nitrogens with zero attached hydrogens (tertiary/aromatic N) is 2. The van der Waals surface area contributed by atoms with Gasteiger partial charge in [0.05, 0.1) is 27.0 Å². The highest BCUT2D eigenvalue weighted by Gasteiger charge is 2.25. The Morgan fingerprint density at radius 2 is 1.85 bits per heavy atom. The topological polar surface area (TPSA) is 60.9 Å². The van der Waals surface area contributed by atoms with Gasteiger partial charge in [0.2, 0.25) is 5.75 Å². The van der Waals surface area contributed by atoms with Crippen LogP contribution in [-0.4, -0.2) is 38.8 Å². The lowest BCUT2D eigenvalue weighted by atomic mass is 10.0. The van der Waals surface area contributed by atoms with Crippen LogP contribution in [0.5, 0.6) is 17.2 Å². The highest BCUT2D eigenvalue weighted by Crippen LogP contribution is 2.39. The van der Waals surface area contributed by atoms with Crippen molar-refractivity contribution in [1.29, 1.82) is 0 Å². The van der Waals surface area contributed by atoms with E-state index in [2.05, 4.69) is 6.58 Å². The Morgan fingerprint density at radius 3 is 2.41 bits per heavy atom. The molecule has 6 nitrogen and oxygen atoms in total. The molecule has 1 aliphatic carbocycles. The minimum atomic E-state index is -0.180. The Hall–Kier alpha value is -2.54. The van der Waals surface area contributed by atoms with Gasteiger partial charge in [-0.25, -0.2) is 4.98 Å². The fourth-order valence-corrected chi connectivity index (χ4v) is 4.35. The monoisotopic (exact) mass is 388 g/mol. The number of aryl methyl sites for hydroxylation is 2. The predicted molar refractivity (Wildman–Crippen MR) is 107 cm³/mol. The zero-order valence-electron chi connectivity index (χ0n) is 15.9. The maximum atomic E-state index is 13.3. The van der Waals surface area contributed by atoms with E-state index in [0.717, 1.165) is 25.0 Å². The van der Waals surface area contributed by atoms with Crippen LogP contribution in [0, 0.1) is 0 Å². The summed E-state index contributed by atoms with van der Waals surface area (Å²) in [5, 5.41) is 0.709. The number of amides is 1. The number of hydrogen-bond donors (Lipinski definition) is 0. The highest BCUT2D eigenvalue weighted by molar-refractivity contribution is 7.16. The number of hydrogen-bond acceptors (Lipinski definition) is 6. The van der Waals surface area contributed by atoms with Gasteiger partial charge in [0.15, 0.2) is 16.6 Å². The molecule has 1 heterocycles. The number of anilines is 1. The third kappa shape index (κ3) is 3.78. The van der Waals surface area contributed by atoms with Crippen molar-refractivity contribution >= 4 is 22.4 Å². The maximum Gasteiger partial charge on any atom is 0.260 e. The number of ether oxygens (including phenoxy) is 3. The van der Waals surface area contributed by atoms with Gasteiger partial charge in [-0.05, 0) is 37.8 Å². The molecule has 0 N–H and O–H groups in total. The molecule has 7 heteroatoms. The molecule has 0 bridgehead atoms. The molecule has 0 radical (unpaired) electrons. The zero-order valence-corrected chi connectivity index (χ0v) is 16.7. The van der Waals surface area contributed by atoms with Crippen LogP contribution in [0.15, 0.2) is 24.8 Å². The predicted octanol–water partition coefficient (Wildman–Crippen LogP) is 3.88. The molecular formula is C20H24N2O4S. The average Bonchev–Trinajstić information content (AvgIpc) is 3.14. The van der Waals surface area contributed by atoms with Crippen LogP contribution in [0.25, 0.3) is 0 Å². The molecule has 144 valence electrons. The van der Waals surface area contributed by atoms with Gasteiger partial charge in [-0.3, -0.25) is 9.69 Å². The molecule has 0 atom stereocenters. The van der Waals surface area contributed by atoms with E-state index in [-0.39, 0.29) is 5.91 Å². The fraction of sp³-hybridized carbons (Fsp3) is 0.400. The normalized spacial score (nSPS) is 12.9. The third-order valence-corrected chi connectivity index (χ3v) is 5.71. The summed E-state index contributed by atoms with van der Waals surface area (Å²) in [6, 6.07) is 3.32. The van der Waals surface area contributed by atoms with Gasteiger partial charge in [-0.15, -0.1) is 17.9 Å². The van der Waals surface area contributed by atoms with Crippen molar-refractivity contribution < 1.29 is 19.0 Å². The van der Waals surface area contributed by atoms with Gasteiger partial charge in [-0.2, -0.15) is 0 Å². The van der Waals surface area contributed by atoms with E-state index in [0.29, 0.717) is 34.5 Å². The largest absolute Gasteiger partial charge is 0.493 e. The summed E-state index contributed by atoms with van der Waals surface area (Å²) in [6.45, 7) is 4.17. The van der Waals surface area contributed by atoms with Crippen molar-refractivity contribution in [1.82, 2.24) is 4.98 Å². The molecule has 0 fully saturated rings. The molecule has 1 aromatic heterocycles. The Morgan fingerprint density at radius 1 is 1.19 bits per heavy atom. The first kappa shape index (κ1) is 19.2. The van der Waals surface area contributed by atoms with Gasteiger partial charge in [0, 0.05) is 17.0 Å². The summed E-state index contributed by atoms with van der Waals surface area (Å²) in [5.74, 6) is 1.16. The second-order valence-corrected chi connectivity index (χ2v) is 7.25. The minimum Gasteiger partial charge on any atom is -0.493 e. The van der Waals surface area contributed by atoms with Crippen molar-refractivity contribution in [3.05, 3.63) is 40.9 Å². The summed E-state index contributed by atoms with van der Waals surface area (Å²) in [7, 11) is 4.59.